The molecule has 2 aromatic rings. The number of aromatic carboxylic acids is 1. The Hall–Kier alpha value is -3.05. The predicted octanol–water partition coefficient (Wildman–Crippen LogP) is 0.548. The van der Waals surface area contributed by atoms with Crippen LogP contribution in [0.25, 0.3) is 0 Å². The van der Waals surface area contributed by atoms with Crippen molar-refractivity contribution < 1.29 is 29.1 Å². The molecule has 3 heterocycles. The number of fused-ring (bicyclic) bond motifs is 3. The second-order valence-electron chi connectivity index (χ2n) is 8.75. The molecule has 1 aliphatic carbocycles. The lowest BCUT2D eigenvalue weighted by molar-refractivity contribution is -0.145. The number of H-pyrrole nitrogens is 1. The summed E-state index contributed by atoms with van der Waals surface area (Å²) in [6.45, 7) is 4.18. The van der Waals surface area contributed by atoms with Crippen molar-refractivity contribution >= 4 is 19.0 Å². The van der Waals surface area contributed by atoms with E-state index in [2.05, 4.69) is 9.97 Å². The van der Waals surface area contributed by atoms with Crippen molar-refractivity contribution in [3.8, 4) is 11.5 Å². The highest BCUT2D eigenvalue weighted by Crippen LogP contribution is 2.65. The Labute approximate surface area is 178 Å². The number of likely N-dealkylation sites (tertiary alicyclic amines) is 1. The van der Waals surface area contributed by atoms with Gasteiger partial charge in [0.25, 0.3) is 0 Å². The van der Waals surface area contributed by atoms with Gasteiger partial charge in [-0.05, 0) is 30.4 Å². The minimum atomic E-state index is -1.25. The number of aromatic nitrogens is 2. The highest BCUT2D eigenvalue weighted by Gasteiger charge is 2.60. The van der Waals surface area contributed by atoms with Crippen LogP contribution in [0.4, 0.5) is 0 Å². The number of aromatic amines is 1. The van der Waals surface area contributed by atoms with E-state index in [-0.39, 0.29) is 59.8 Å². The maximum absolute atomic E-state index is 12.8. The van der Waals surface area contributed by atoms with Crippen molar-refractivity contribution in [3.63, 3.8) is 0 Å². The molecular weight excluding hydrogens is 403 g/mol. The van der Waals surface area contributed by atoms with Crippen molar-refractivity contribution in [1.29, 1.82) is 0 Å². The summed E-state index contributed by atoms with van der Waals surface area (Å²) in [5, 5.41) is 20.0. The molecule has 5 rings (SSSR count). The molecule has 3 unspecified atom stereocenters. The van der Waals surface area contributed by atoms with Gasteiger partial charge in [-0.1, -0.05) is 13.0 Å². The van der Waals surface area contributed by atoms with Crippen LogP contribution in [0.3, 0.4) is 0 Å². The normalized spacial score (nSPS) is 26.1. The summed E-state index contributed by atoms with van der Waals surface area (Å²) >= 11 is 0. The molecule has 0 spiro atoms. The summed E-state index contributed by atoms with van der Waals surface area (Å²) in [6, 6.07) is 3.44. The third kappa shape index (κ3) is 2.99. The van der Waals surface area contributed by atoms with Crippen LogP contribution in [-0.4, -0.2) is 63.2 Å². The van der Waals surface area contributed by atoms with Crippen molar-refractivity contribution in [3.05, 3.63) is 41.5 Å². The summed E-state index contributed by atoms with van der Waals surface area (Å²) < 4.78 is 11.5. The second kappa shape index (κ2) is 6.73. The number of benzene rings is 1. The summed E-state index contributed by atoms with van der Waals surface area (Å²) in [5.41, 5.74) is 6.14. The zero-order valence-electron chi connectivity index (χ0n) is 17.1. The number of hydrogen-bond acceptors (Lipinski definition) is 7. The zero-order valence-corrected chi connectivity index (χ0v) is 17.1. The minimum absolute atomic E-state index is 0.00689. The largest absolute Gasteiger partial charge is 0.535 e. The lowest BCUT2D eigenvalue weighted by Gasteiger charge is -2.42. The van der Waals surface area contributed by atoms with E-state index in [0.29, 0.717) is 5.69 Å². The Bertz CT molecular complexity index is 1050. The topological polar surface area (TPSA) is 151 Å². The maximum atomic E-state index is 12.8. The number of imidazole rings is 1. The van der Waals surface area contributed by atoms with Gasteiger partial charge in [-0.25, -0.2) is 9.78 Å². The first-order valence-electron chi connectivity index (χ1n) is 10.2. The third-order valence-electron chi connectivity index (χ3n) is 6.67. The number of carbonyl (C=O) groups excluding carboxylic acids is 1. The van der Waals surface area contributed by atoms with Gasteiger partial charge in [0.2, 0.25) is 5.91 Å². The van der Waals surface area contributed by atoms with Gasteiger partial charge in [0.15, 0.2) is 0 Å². The number of carboxylic acids is 1. The first kappa shape index (κ1) is 19.9. The molecule has 0 radical (unpaired) electrons. The molecule has 10 nitrogen and oxygen atoms in total. The lowest BCUT2D eigenvalue weighted by Crippen LogP contribution is -2.62. The molecule has 11 heteroatoms. The van der Waals surface area contributed by atoms with E-state index in [1.165, 1.54) is 12.5 Å². The van der Waals surface area contributed by atoms with Gasteiger partial charge in [-0.3, -0.25) is 4.79 Å². The zero-order chi connectivity index (χ0) is 22.1. The van der Waals surface area contributed by atoms with Gasteiger partial charge in [0.05, 0.1) is 31.3 Å². The van der Waals surface area contributed by atoms with Gasteiger partial charge in [0.1, 0.15) is 28.7 Å². The highest BCUT2D eigenvalue weighted by molar-refractivity contribution is 6.48. The number of carboxylic acid groups (broad SMARTS) is 1. The molecule has 1 saturated heterocycles. The highest BCUT2D eigenvalue weighted by atomic mass is 16.5. The molecule has 0 bridgehead atoms. The molecule has 1 aromatic heterocycles. The smallest absolute Gasteiger partial charge is 0.526 e. The van der Waals surface area contributed by atoms with Crippen molar-refractivity contribution in [1.82, 2.24) is 14.9 Å². The van der Waals surface area contributed by atoms with Crippen LogP contribution in [0, 0.1) is 5.92 Å². The maximum Gasteiger partial charge on any atom is 0.526 e. The minimum Gasteiger partial charge on any atom is -0.535 e. The molecule has 3 aliphatic rings. The van der Waals surface area contributed by atoms with Crippen molar-refractivity contribution in [2.24, 2.45) is 11.7 Å². The van der Waals surface area contributed by atoms with Gasteiger partial charge in [-0.2, -0.15) is 0 Å². The Morgan fingerprint density at radius 3 is 2.81 bits per heavy atom. The standard InChI is InChI=1S/C20H23BN4O6/c1-9-14-11-3-4-12(15(18(26)27)17(11)31-21(29)16(9)14)30-10-6-25(7-10)19(28)20(2,22)13-5-23-8-24-13/h3-5,8-10,14,16,29H,6-7,22H2,1-2H3,(H,23,24)(H,26,27)/t9?,14?,16?,20-/m1/s1. The van der Waals surface area contributed by atoms with Crippen molar-refractivity contribution in [2.45, 2.75) is 37.2 Å². The molecule has 1 aromatic carbocycles. The van der Waals surface area contributed by atoms with E-state index in [0.717, 1.165) is 5.56 Å². The molecule has 1 saturated carbocycles. The SMILES string of the molecule is CC1C2B(O)Oc3c(ccc(OC4CN(C(=O)[C@](C)(N)c5cnc[nH]5)C4)c3C(=O)O)C12. The number of ether oxygens (including phenoxy) is 1. The van der Waals surface area contributed by atoms with Crippen LogP contribution >= 0.6 is 0 Å². The van der Waals surface area contributed by atoms with Gasteiger partial charge in [0, 0.05) is 5.82 Å². The molecule has 5 N–H and O–H groups in total. The average Bonchev–Trinajstić information content (AvgIpc) is 3.11. The number of rotatable bonds is 5. The number of nitrogens with zero attached hydrogens (tertiary/aromatic N) is 2. The fourth-order valence-electron chi connectivity index (χ4n) is 4.73. The lowest BCUT2D eigenvalue weighted by atomic mass is 9.76. The van der Waals surface area contributed by atoms with Crippen LogP contribution in [0.1, 0.15) is 41.4 Å². The van der Waals surface area contributed by atoms with Crippen molar-refractivity contribution in [2.75, 3.05) is 13.1 Å². The number of nitrogens with one attached hydrogen (secondary N) is 1. The fourth-order valence-corrected chi connectivity index (χ4v) is 4.73. The molecule has 162 valence electrons. The van der Waals surface area contributed by atoms with Crippen LogP contribution in [0.15, 0.2) is 24.7 Å². The summed E-state index contributed by atoms with van der Waals surface area (Å²) in [7, 11) is -1.03. The van der Waals surface area contributed by atoms with E-state index in [1.54, 1.807) is 24.0 Å². The van der Waals surface area contributed by atoms with E-state index in [9.17, 15) is 19.7 Å². The Morgan fingerprint density at radius 2 is 2.16 bits per heavy atom. The summed E-state index contributed by atoms with van der Waals surface area (Å²) in [4.78, 5) is 33.1. The predicted molar refractivity (Wildman–Crippen MR) is 109 cm³/mol. The van der Waals surface area contributed by atoms with Crippen LogP contribution in [0.5, 0.6) is 11.5 Å². The summed E-state index contributed by atoms with van der Waals surface area (Å²) in [5.74, 6) is -0.820. The number of amides is 1. The van der Waals surface area contributed by atoms with Crippen LogP contribution < -0.4 is 15.1 Å². The van der Waals surface area contributed by atoms with Crippen LogP contribution in [-0.2, 0) is 10.3 Å². The third-order valence-corrected chi connectivity index (χ3v) is 6.67. The van der Waals surface area contributed by atoms with Gasteiger partial charge >= 0.3 is 13.1 Å². The quantitative estimate of drug-likeness (QED) is 0.506. The number of hydrogen-bond donors (Lipinski definition) is 4. The number of carbonyl (C=O) groups is 2. The monoisotopic (exact) mass is 426 g/mol. The second-order valence-corrected chi connectivity index (χ2v) is 8.75. The number of nitrogens with two attached hydrogens (primary N) is 1. The first-order chi connectivity index (χ1) is 14.7. The molecule has 4 atom stereocenters. The van der Waals surface area contributed by atoms with Gasteiger partial charge in [-0.15, -0.1) is 0 Å². The summed E-state index contributed by atoms with van der Waals surface area (Å²) in [6.07, 6.45) is 2.60. The Morgan fingerprint density at radius 1 is 1.42 bits per heavy atom. The fraction of sp³-hybridized carbons (Fsp3) is 0.450. The molecule has 1 amide bonds. The average molecular weight is 426 g/mol. The molecule has 2 aliphatic heterocycles. The van der Waals surface area contributed by atoms with E-state index >= 15 is 0 Å². The molecular formula is C20H23BN4O6. The van der Waals surface area contributed by atoms with Crippen LogP contribution in [0.2, 0.25) is 5.82 Å². The molecule has 2 fully saturated rings. The van der Waals surface area contributed by atoms with E-state index < -0.39 is 18.6 Å². The van der Waals surface area contributed by atoms with Gasteiger partial charge < -0.3 is 35.1 Å². The van der Waals surface area contributed by atoms with E-state index in [1.807, 2.05) is 6.92 Å². The van der Waals surface area contributed by atoms with E-state index in [4.69, 9.17) is 15.1 Å². The first-order valence-corrected chi connectivity index (χ1v) is 10.2. The molecule has 31 heavy (non-hydrogen) atoms. The Balaban J connectivity index is 1.32. The Kier molecular flexibility index (Phi) is 4.32.